The fourth-order valence-corrected chi connectivity index (χ4v) is 1.94. The SMILES string of the molecule is Cc1cnc(-c2coc3ccccc23)nc1C(=O)O. The van der Waals surface area contributed by atoms with Crippen LogP contribution in [0.5, 0.6) is 0 Å². The molecule has 2 heterocycles. The monoisotopic (exact) mass is 254 g/mol. The van der Waals surface area contributed by atoms with Crippen LogP contribution < -0.4 is 0 Å². The number of aryl methyl sites for hydroxylation is 1. The quantitative estimate of drug-likeness (QED) is 0.760. The predicted molar refractivity (Wildman–Crippen MR) is 68.9 cm³/mol. The maximum absolute atomic E-state index is 11.1. The highest BCUT2D eigenvalue weighted by Crippen LogP contribution is 2.28. The topological polar surface area (TPSA) is 76.2 Å². The molecule has 3 rings (SSSR count). The van der Waals surface area contributed by atoms with E-state index in [1.807, 2.05) is 24.3 Å². The number of nitrogens with zero attached hydrogens (tertiary/aromatic N) is 2. The van der Waals surface area contributed by atoms with Crippen molar-refractivity contribution in [1.29, 1.82) is 0 Å². The Morgan fingerprint density at radius 2 is 2.11 bits per heavy atom. The predicted octanol–water partition coefficient (Wildman–Crippen LogP) is 2.90. The Bertz CT molecular complexity index is 777. The van der Waals surface area contributed by atoms with Crippen molar-refractivity contribution >= 4 is 16.9 Å². The Labute approximate surface area is 108 Å². The van der Waals surface area contributed by atoms with E-state index in [9.17, 15) is 4.79 Å². The van der Waals surface area contributed by atoms with Crippen LogP contribution in [0.1, 0.15) is 16.1 Å². The number of aromatic nitrogens is 2. The van der Waals surface area contributed by atoms with Crippen molar-refractivity contribution in [2.45, 2.75) is 6.92 Å². The molecule has 0 unspecified atom stereocenters. The molecule has 3 aromatic rings. The van der Waals surface area contributed by atoms with Crippen molar-refractivity contribution in [3.63, 3.8) is 0 Å². The van der Waals surface area contributed by atoms with Gasteiger partial charge in [-0.3, -0.25) is 0 Å². The first-order valence-corrected chi connectivity index (χ1v) is 5.70. The van der Waals surface area contributed by atoms with Crippen molar-refractivity contribution in [2.24, 2.45) is 0 Å². The molecule has 0 saturated heterocycles. The van der Waals surface area contributed by atoms with E-state index in [1.165, 1.54) is 6.20 Å². The van der Waals surface area contributed by atoms with Crippen molar-refractivity contribution in [2.75, 3.05) is 0 Å². The highest BCUT2D eigenvalue weighted by atomic mass is 16.4. The minimum atomic E-state index is -1.06. The first-order chi connectivity index (χ1) is 9.16. The van der Waals surface area contributed by atoms with E-state index in [1.54, 1.807) is 13.2 Å². The molecule has 0 aliphatic heterocycles. The molecule has 0 atom stereocenters. The zero-order valence-corrected chi connectivity index (χ0v) is 10.1. The van der Waals surface area contributed by atoms with Crippen LogP contribution in [0.25, 0.3) is 22.4 Å². The van der Waals surface area contributed by atoms with Gasteiger partial charge in [-0.05, 0) is 13.0 Å². The highest BCUT2D eigenvalue weighted by molar-refractivity contribution is 5.93. The summed E-state index contributed by atoms with van der Waals surface area (Å²) in [5.41, 5.74) is 1.95. The molecular weight excluding hydrogens is 244 g/mol. The molecule has 0 aliphatic rings. The lowest BCUT2D eigenvalue weighted by Crippen LogP contribution is -2.05. The second-order valence-electron chi connectivity index (χ2n) is 4.18. The zero-order chi connectivity index (χ0) is 13.4. The van der Waals surface area contributed by atoms with E-state index < -0.39 is 5.97 Å². The second-order valence-corrected chi connectivity index (χ2v) is 4.18. The van der Waals surface area contributed by atoms with Crippen molar-refractivity contribution in [3.05, 3.63) is 48.0 Å². The average molecular weight is 254 g/mol. The third-order valence-electron chi connectivity index (χ3n) is 2.90. The fourth-order valence-electron chi connectivity index (χ4n) is 1.94. The molecule has 94 valence electrons. The van der Waals surface area contributed by atoms with Crippen LogP contribution in [0.3, 0.4) is 0 Å². The number of carboxylic acids is 1. The number of para-hydroxylation sites is 1. The third kappa shape index (κ3) is 1.85. The molecular formula is C14H10N2O3. The van der Waals surface area contributed by atoms with Crippen molar-refractivity contribution < 1.29 is 14.3 Å². The highest BCUT2D eigenvalue weighted by Gasteiger charge is 2.15. The third-order valence-corrected chi connectivity index (χ3v) is 2.90. The first kappa shape index (κ1) is 11.4. The van der Waals surface area contributed by atoms with Crippen LogP contribution >= 0.6 is 0 Å². The minimum absolute atomic E-state index is 0.00952. The smallest absolute Gasteiger partial charge is 0.354 e. The Kier molecular flexibility index (Phi) is 2.52. The van der Waals surface area contributed by atoms with Crippen LogP contribution in [-0.4, -0.2) is 21.0 Å². The maximum Gasteiger partial charge on any atom is 0.354 e. The Morgan fingerprint density at radius 1 is 1.32 bits per heavy atom. The summed E-state index contributed by atoms with van der Waals surface area (Å²) in [6.07, 6.45) is 3.05. The number of hydrogen-bond acceptors (Lipinski definition) is 4. The summed E-state index contributed by atoms with van der Waals surface area (Å²) in [4.78, 5) is 19.4. The molecule has 19 heavy (non-hydrogen) atoms. The molecule has 1 aromatic carbocycles. The molecule has 0 bridgehead atoms. The fraction of sp³-hybridized carbons (Fsp3) is 0.0714. The normalized spacial score (nSPS) is 10.8. The van der Waals surface area contributed by atoms with E-state index in [-0.39, 0.29) is 5.69 Å². The lowest BCUT2D eigenvalue weighted by Gasteiger charge is -2.02. The van der Waals surface area contributed by atoms with Gasteiger partial charge in [-0.2, -0.15) is 0 Å². The van der Waals surface area contributed by atoms with Gasteiger partial charge < -0.3 is 9.52 Å². The van der Waals surface area contributed by atoms with Crippen molar-refractivity contribution in [1.82, 2.24) is 9.97 Å². The van der Waals surface area contributed by atoms with E-state index in [2.05, 4.69) is 9.97 Å². The number of benzene rings is 1. The lowest BCUT2D eigenvalue weighted by atomic mass is 10.1. The summed E-state index contributed by atoms with van der Waals surface area (Å²) in [6.45, 7) is 1.67. The first-order valence-electron chi connectivity index (χ1n) is 5.70. The van der Waals surface area contributed by atoms with Crippen LogP contribution in [0.15, 0.2) is 41.1 Å². The largest absolute Gasteiger partial charge is 0.477 e. The summed E-state index contributed by atoms with van der Waals surface area (Å²) < 4.78 is 5.41. The van der Waals surface area contributed by atoms with Crippen molar-refractivity contribution in [3.8, 4) is 11.4 Å². The number of carboxylic acid groups (broad SMARTS) is 1. The standard InChI is InChI=1S/C14H10N2O3/c1-8-6-15-13(16-12(8)14(17)18)10-7-19-11-5-3-2-4-9(10)11/h2-7H,1H3,(H,17,18). The van der Waals surface area contributed by atoms with Gasteiger partial charge in [0.05, 0.1) is 5.56 Å². The van der Waals surface area contributed by atoms with Gasteiger partial charge in [-0.1, -0.05) is 18.2 Å². The van der Waals surface area contributed by atoms with Crippen LogP contribution in [0.4, 0.5) is 0 Å². The number of aromatic carboxylic acids is 1. The van der Waals surface area contributed by atoms with Gasteiger partial charge in [0, 0.05) is 17.1 Å². The van der Waals surface area contributed by atoms with Crippen LogP contribution in [0.2, 0.25) is 0 Å². The molecule has 0 fully saturated rings. The molecule has 5 heteroatoms. The van der Waals surface area contributed by atoms with Gasteiger partial charge in [-0.15, -0.1) is 0 Å². The van der Waals surface area contributed by atoms with Gasteiger partial charge in [0.25, 0.3) is 0 Å². The van der Waals surface area contributed by atoms with Crippen LogP contribution in [0, 0.1) is 6.92 Å². The molecule has 0 amide bonds. The van der Waals surface area contributed by atoms with E-state index in [0.29, 0.717) is 17.0 Å². The van der Waals surface area contributed by atoms with E-state index >= 15 is 0 Å². The average Bonchev–Trinajstić information content (AvgIpc) is 2.83. The van der Waals surface area contributed by atoms with Gasteiger partial charge in [0.1, 0.15) is 11.8 Å². The summed E-state index contributed by atoms with van der Waals surface area (Å²) >= 11 is 0. The number of furan rings is 1. The maximum atomic E-state index is 11.1. The molecule has 2 aromatic heterocycles. The lowest BCUT2D eigenvalue weighted by molar-refractivity contribution is 0.0689. The number of rotatable bonds is 2. The van der Waals surface area contributed by atoms with Gasteiger partial charge >= 0.3 is 5.97 Å². The number of fused-ring (bicyclic) bond motifs is 1. The summed E-state index contributed by atoms with van der Waals surface area (Å²) in [7, 11) is 0. The van der Waals surface area contributed by atoms with E-state index in [4.69, 9.17) is 9.52 Å². The molecule has 0 aliphatic carbocycles. The number of hydrogen-bond donors (Lipinski definition) is 1. The molecule has 5 nitrogen and oxygen atoms in total. The van der Waals surface area contributed by atoms with Gasteiger partial charge in [0.2, 0.25) is 0 Å². The second kappa shape index (κ2) is 4.20. The molecule has 1 N–H and O–H groups in total. The Hall–Kier alpha value is -2.69. The molecule has 0 spiro atoms. The Balaban J connectivity index is 2.22. The van der Waals surface area contributed by atoms with Crippen LogP contribution in [-0.2, 0) is 0 Å². The summed E-state index contributed by atoms with van der Waals surface area (Å²) in [5, 5.41) is 9.95. The number of carbonyl (C=O) groups is 1. The zero-order valence-electron chi connectivity index (χ0n) is 10.1. The summed E-state index contributed by atoms with van der Waals surface area (Å²) in [5.74, 6) is -0.707. The van der Waals surface area contributed by atoms with E-state index in [0.717, 1.165) is 11.0 Å². The Morgan fingerprint density at radius 3 is 2.89 bits per heavy atom. The molecule has 0 saturated carbocycles. The minimum Gasteiger partial charge on any atom is -0.477 e. The summed E-state index contributed by atoms with van der Waals surface area (Å²) in [6, 6.07) is 7.48. The van der Waals surface area contributed by atoms with Gasteiger partial charge in [-0.25, -0.2) is 14.8 Å². The van der Waals surface area contributed by atoms with Gasteiger partial charge in [0.15, 0.2) is 11.5 Å². The molecule has 0 radical (unpaired) electrons.